The molecule has 1 rings (SSSR count). The van der Waals surface area contributed by atoms with Gasteiger partial charge in [0.25, 0.3) is 0 Å². The molecule has 0 fully saturated rings. The lowest BCUT2D eigenvalue weighted by molar-refractivity contribution is 0.809. The maximum Gasteiger partial charge on any atom is 0.0346 e. The van der Waals surface area contributed by atoms with Crippen LogP contribution in [0.2, 0.25) is 0 Å². The van der Waals surface area contributed by atoms with Gasteiger partial charge in [-0.3, -0.25) is 0 Å². The average Bonchev–Trinajstić information content (AvgIpc) is 2.26. The minimum atomic E-state index is 0.893. The van der Waals surface area contributed by atoms with Gasteiger partial charge in [-0.05, 0) is 49.7 Å². The third-order valence-corrected chi connectivity index (χ3v) is 2.42. The molecule has 0 amide bonds. The van der Waals surface area contributed by atoms with Gasteiger partial charge in [0.2, 0.25) is 0 Å². The van der Waals surface area contributed by atoms with Gasteiger partial charge in [0.1, 0.15) is 0 Å². The predicted molar refractivity (Wildman–Crippen MR) is 67.8 cm³/mol. The van der Waals surface area contributed by atoms with Crippen LogP contribution in [-0.4, -0.2) is 13.6 Å². The van der Waals surface area contributed by atoms with Crippen molar-refractivity contribution in [3.63, 3.8) is 0 Å². The largest absolute Gasteiger partial charge is 0.399 e. The molecule has 0 bridgehead atoms. The Kier molecular flexibility index (Phi) is 4.91. The lowest BCUT2D eigenvalue weighted by Gasteiger charge is -2.03. The highest BCUT2D eigenvalue weighted by Crippen LogP contribution is 2.15. The summed E-state index contributed by atoms with van der Waals surface area (Å²) in [5.41, 5.74) is 9.20. The van der Waals surface area contributed by atoms with E-state index < -0.39 is 0 Å². The number of hydrogen-bond donors (Lipinski definition) is 2. The Labute approximate surface area is 92.2 Å². The van der Waals surface area contributed by atoms with Gasteiger partial charge in [-0.2, -0.15) is 0 Å². The molecule has 0 atom stereocenters. The van der Waals surface area contributed by atoms with Crippen molar-refractivity contribution < 1.29 is 0 Å². The van der Waals surface area contributed by atoms with Gasteiger partial charge < -0.3 is 11.1 Å². The molecule has 0 saturated heterocycles. The Hall–Kier alpha value is -1.28. The molecule has 1 aromatic rings. The van der Waals surface area contributed by atoms with Crippen LogP contribution in [0, 0.1) is 0 Å². The number of anilines is 1. The summed E-state index contributed by atoms with van der Waals surface area (Å²) in [5, 5.41) is 3.11. The van der Waals surface area contributed by atoms with Crippen LogP contribution in [0.3, 0.4) is 0 Å². The first-order valence-electron chi connectivity index (χ1n) is 5.47. The Morgan fingerprint density at radius 2 is 2.20 bits per heavy atom. The van der Waals surface area contributed by atoms with Crippen molar-refractivity contribution in [3.05, 3.63) is 35.4 Å². The van der Waals surface area contributed by atoms with E-state index in [4.69, 9.17) is 5.73 Å². The average molecular weight is 204 g/mol. The zero-order valence-electron chi connectivity index (χ0n) is 9.59. The molecule has 3 N–H and O–H groups in total. The second kappa shape index (κ2) is 6.25. The topological polar surface area (TPSA) is 38.0 Å². The van der Waals surface area contributed by atoms with Crippen molar-refractivity contribution >= 4 is 11.8 Å². The molecule has 0 spiro atoms. The molecular formula is C13H20N2. The van der Waals surface area contributed by atoms with Crippen LogP contribution in [0.5, 0.6) is 0 Å². The first kappa shape index (κ1) is 11.8. The second-order valence-electron chi connectivity index (χ2n) is 3.61. The van der Waals surface area contributed by atoms with E-state index in [1.54, 1.807) is 0 Å². The van der Waals surface area contributed by atoms with Crippen LogP contribution in [0.4, 0.5) is 5.69 Å². The molecule has 0 aromatic heterocycles. The number of nitrogens with two attached hydrogens (primary N) is 1. The normalized spacial score (nSPS) is 11.1. The van der Waals surface area contributed by atoms with Gasteiger partial charge in [0.15, 0.2) is 0 Å². The van der Waals surface area contributed by atoms with Crippen molar-refractivity contribution in [1.29, 1.82) is 0 Å². The van der Waals surface area contributed by atoms with E-state index in [-0.39, 0.29) is 0 Å². The van der Waals surface area contributed by atoms with Crippen LogP contribution in [0.15, 0.2) is 24.3 Å². The third kappa shape index (κ3) is 3.76. The summed E-state index contributed by atoms with van der Waals surface area (Å²) in [6.45, 7) is 3.15. The number of aryl methyl sites for hydroxylation is 1. The van der Waals surface area contributed by atoms with E-state index in [1.165, 1.54) is 11.1 Å². The van der Waals surface area contributed by atoms with Gasteiger partial charge >= 0.3 is 0 Å². The molecule has 0 aliphatic rings. The van der Waals surface area contributed by atoms with E-state index in [0.29, 0.717) is 0 Å². The highest BCUT2D eigenvalue weighted by Gasteiger charge is 1.96. The van der Waals surface area contributed by atoms with Crippen LogP contribution in [-0.2, 0) is 6.42 Å². The van der Waals surface area contributed by atoms with Gasteiger partial charge in [-0.25, -0.2) is 0 Å². The van der Waals surface area contributed by atoms with E-state index in [0.717, 1.165) is 25.1 Å². The molecule has 2 nitrogen and oxygen atoms in total. The monoisotopic (exact) mass is 204 g/mol. The second-order valence-corrected chi connectivity index (χ2v) is 3.61. The zero-order chi connectivity index (χ0) is 11.1. The fraction of sp³-hybridized carbons (Fsp3) is 0.385. The Bertz CT molecular complexity index is 329. The Morgan fingerprint density at radius 3 is 2.87 bits per heavy atom. The standard InChI is InChI=1S/C13H20N2/c1-3-12-10-11(7-8-13(12)14)6-4-5-9-15-2/h4,6-8,10,15H,3,5,9,14H2,1-2H3. The van der Waals surface area contributed by atoms with Crippen LogP contribution in [0.1, 0.15) is 24.5 Å². The fourth-order valence-electron chi connectivity index (χ4n) is 1.48. The minimum Gasteiger partial charge on any atom is -0.399 e. The predicted octanol–water partition coefficient (Wildman–Crippen LogP) is 2.45. The Morgan fingerprint density at radius 1 is 1.40 bits per heavy atom. The molecule has 0 heterocycles. The number of rotatable bonds is 5. The number of nitrogens with one attached hydrogen (secondary N) is 1. The molecule has 2 heteroatoms. The van der Waals surface area contributed by atoms with Crippen molar-refractivity contribution in [2.75, 3.05) is 19.3 Å². The molecule has 1 aromatic carbocycles. The van der Waals surface area contributed by atoms with Crippen LogP contribution in [0.25, 0.3) is 6.08 Å². The van der Waals surface area contributed by atoms with E-state index in [1.807, 2.05) is 13.1 Å². The quantitative estimate of drug-likeness (QED) is 0.571. The van der Waals surface area contributed by atoms with Gasteiger partial charge in [0.05, 0.1) is 0 Å². The summed E-state index contributed by atoms with van der Waals surface area (Å²) in [6, 6.07) is 6.20. The number of benzene rings is 1. The van der Waals surface area contributed by atoms with Crippen LogP contribution >= 0.6 is 0 Å². The summed E-state index contributed by atoms with van der Waals surface area (Å²) in [6.07, 6.45) is 6.38. The fourth-order valence-corrected chi connectivity index (χ4v) is 1.48. The van der Waals surface area contributed by atoms with Crippen molar-refractivity contribution in [1.82, 2.24) is 5.32 Å². The van der Waals surface area contributed by atoms with Gasteiger partial charge in [0, 0.05) is 5.69 Å². The van der Waals surface area contributed by atoms with E-state index >= 15 is 0 Å². The lowest BCUT2D eigenvalue weighted by Crippen LogP contribution is -2.05. The van der Waals surface area contributed by atoms with Crippen molar-refractivity contribution in [2.24, 2.45) is 0 Å². The summed E-state index contributed by atoms with van der Waals surface area (Å²) in [7, 11) is 1.96. The third-order valence-electron chi connectivity index (χ3n) is 2.42. The molecule has 0 aliphatic heterocycles. The first-order valence-corrected chi connectivity index (χ1v) is 5.47. The molecule has 0 aliphatic carbocycles. The summed E-state index contributed by atoms with van der Waals surface area (Å²) >= 11 is 0. The molecule has 82 valence electrons. The summed E-state index contributed by atoms with van der Waals surface area (Å²) < 4.78 is 0. The van der Waals surface area contributed by atoms with Crippen LogP contribution < -0.4 is 11.1 Å². The van der Waals surface area contributed by atoms with Crippen molar-refractivity contribution in [2.45, 2.75) is 19.8 Å². The maximum absolute atomic E-state index is 5.84. The van der Waals surface area contributed by atoms with Gasteiger partial charge in [-0.1, -0.05) is 25.1 Å². The molecule has 0 radical (unpaired) electrons. The molecule has 0 saturated carbocycles. The van der Waals surface area contributed by atoms with E-state index in [9.17, 15) is 0 Å². The smallest absolute Gasteiger partial charge is 0.0346 e. The number of nitrogen functional groups attached to an aromatic ring is 1. The molecule has 15 heavy (non-hydrogen) atoms. The SMILES string of the molecule is CCc1cc(C=CCCNC)ccc1N. The zero-order valence-corrected chi connectivity index (χ0v) is 9.59. The van der Waals surface area contributed by atoms with Crippen molar-refractivity contribution in [3.8, 4) is 0 Å². The first-order chi connectivity index (χ1) is 7.27. The highest BCUT2D eigenvalue weighted by atomic mass is 14.8. The minimum absolute atomic E-state index is 0.893. The highest BCUT2D eigenvalue weighted by molar-refractivity contribution is 5.57. The summed E-state index contributed by atoms with van der Waals surface area (Å²) in [5.74, 6) is 0. The summed E-state index contributed by atoms with van der Waals surface area (Å²) in [4.78, 5) is 0. The Balaban J connectivity index is 2.65. The lowest BCUT2D eigenvalue weighted by atomic mass is 10.1. The number of hydrogen-bond acceptors (Lipinski definition) is 2. The molecule has 0 unspecified atom stereocenters. The molecular weight excluding hydrogens is 184 g/mol. The van der Waals surface area contributed by atoms with Gasteiger partial charge in [-0.15, -0.1) is 0 Å². The van der Waals surface area contributed by atoms with E-state index in [2.05, 4.69) is 36.5 Å². The maximum atomic E-state index is 5.84.